The van der Waals surface area contributed by atoms with Crippen LogP contribution in [0.5, 0.6) is 0 Å². The summed E-state index contributed by atoms with van der Waals surface area (Å²) in [7, 11) is 1.98. The van der Waals surface area contributed by atoms with Gasteiger partial charge in [0.2, 0.25) is 0 Å². The van der Waals surface area contributed by atoms with Gasteiger partial charge in [-0.2, -0.15) is 0 Å². The fourth-order valence-corrected chi connectivity index (χ4v) is 2.07. The molecule has 0 aliphatic heterocycles. The number of pyridine rings is 1. The number of hydrogen-bond acceptors (Lipinski definition) is 4. The number of rotatable bonds is 4. The highest BCUT2D eigenvalue weighted by Gasteiger charge is 2.11. The van der Waals surface area contributed by atoms with E-state index in [0.717, 1.165) is 30.2 Å². The summed E-state index contributed by atoms with van der Waals surface area (Å²) >= 11 is 6.15. The molecule has 0 spiro atoms. The molecular formula is C14H17ClN4. The van der Waals surface area contributed by atoms with E-state index < -0.39 is 0 Å². The summed E-state index contributed by atoms with van der Waals surface area (Å²) in [5, 5.41) is 0.459. The van der Waals surface area contributed by atoms with Gasteiger partial charge >= 0.3 is 0 Å². The Morgan fingerprint density at radius 1 is 1.11 bits per heavy atom. The van der Waals surface area contributed by atoms with Crippen LogP contribution < -0.4 is 4.90 Å². The van der Waals surface area contributed by atoms with E-state index in [1.807, 2.05) is 37.9 Å². The lowest BCUT2D eigenvalue weighted by molar-refractivity contribution is 0.845. The first kappa shape index (κ1) is 13.7. The number of likely N-dealkylation sites (N-methyl/N-ethyl adjacent to an activating group) is 1. The van der Waals surface area contributed by atoms with Crippen LogP contribution in [0.1, 0.15) is 17.0 Å². The molecule has 0 amide bonds. The highest BCUT2D eigenvalue weighted by Crippen LogP contribution is 2.21. The molecule has 100 valence electrons. The molecule has 0 bridgehead atoms. The van der Waals surface area contributed by atoms with E-state index in [1.165, 1.54) is 5.56 Å². The second-order valence-electron chi connectivity index (χ2n) is 4.54. The van der Waals surface area contributed by atoms with Crippen LogP contribution >= 0.6 is 11.6 Å². The lowest BCUT2D eigenvalue weighted by atomic mass is 10.2. The van der Waals surface area contributed by atoms with Crippen LogP contribution in [0.15, 0.2) is 24.5 Å². The second kappa shape index (κ2) is 5.97. The summed E-state index contributed by atoms with van der Waals surface area (Å²) in [5.74, 6) is 0.735. The molecule has 2 aromatic heterocycles. The van der Waals surface area contributed by atoms with Gasteiger partial charge in [-0.15, -0.1) is 0 Å². The van der Waals surface area contributed by atoms with Gasteiger partial charge in [0.05, 0.1) is 11.4 Å². The smallest absolute Gasteiger partial charge is 0.171 e. The van der Waals surface area contributed by atoms with Crippen molar-refractivity contribution in [2.75, 3.05) is 18.5 Å². The van der Waals surface area contributed by atoms with Crippen molar-refractivity contribution in [2.45, 2.75) is 20.3 Å². The first-order chi connectivity index (χ1) is 9.08. The summed E-state index contributed by atoms with van der Waals surface area (Å²) in [6, 6.07) is 4.03. The summed E-state index contributed by atoms with van der Waals surface area (Å²) in [5.41, 5.74) is 3.03. The average Bonchev–Trinajstić information content (AvgIpc) is 2.41. The van der Waals surface area contributed by atoms with E-state index in [9.17, 15) is 0 Å². The van der Waals surface area contributed by atoms with Gasteiger partial charge in [0.25, 0.3) is 0 Å². The Bertz CT molecular complexity index is 557. The second-order valence-corrected chi connectivity index (χ2v) is 4.89. The predicted octanol–water partition coefficient (Wildman–Crippen LogP) is 2.82. The van der Waals surface area contributed by atoms with Crippen LogP contribution in [0.2, 0.25) is 5.15 Å². The minimum Gasteiger partial charge on any atom is -0.357 e. The van der Waals surface area contributed by atoms with Crippen molar-refractivity contribution in [1.29, 1.82) is 0 Å². The third-order valence-electron chi connectivity index (χ3n) is 3.09. The molecule has 4 nitrogen and oxygen atoms in total. The fraction of sp³-hybridized carbons (Fsp3) is 0.357. The topological polar surface area (TPSA) is 41.9 Å². The highest BCUT2D eigenvalue weighted by atomic mass is 35.5. The van der Waals surface area contributed by atoms with Gasteiger partial charge in [0, 0.05) is 26.0 Å². The first-order valence-corrected chi connectivity index (χ1v) is 6.56. The van der Waals surface area contributed by atoms with Gasteiger partial charge in [0.15, 0.2) is 11.0 Å². The third-order valence-corrected chi connectivity index (χ3v) is 3.35. The minimum absolute atomic E-state index is 0.459. The van der Waals surface area contributed by atoms with Crippen LogP contribution in [0, 0.1) is 13.8 Å². The van der Waals surface area contributed by atoms with Gasteiger partial charge in [-0.05, 0) is 38.0 Å². The Morgan fingerprint density at radius 2 is 1.74 bits per heavy atom. The minimum atomic E-state index is 0.459. The standard InChI is InChI=1S/C14H17ClN4/c1-10-11(2)18-14(13(15)17-10)19(3)9-6-12-4-7-16-8-5-12/h4-5,7-8H,6,9H2,1-3H3. The zero-order valence-corrected chi connectivity index (χ0v) is 12.1. The van der Waals surface area contributed by atoms with Crippen molar-refractivity contribution in [1.82, 2.24) is 15.0 Å². The SMILES string of the molecule is Cc1nc(Cl)c(N(C)CCc2ccncc2)nc1C. The lowest BCUT2D eigenvalue weighted by Crippen LogP contribution is -2.22. The number of aryl methyl sites for hydroxylation is 2. The molecule has 0 aliphatic carbocycles. The van der Waals surface area contributed by atoms with Crippen molar-refractivity contribution in [3.05, 3.63) is 46.6 Å². The van der Waals surface area contributed by atoms with E-state index in [0.29, 0.717) is 5.15 Å². The maximum absolute atomic E-state index is 6.15. The van der Waals surface area contributed by atoms with Crippen LogP contribution in [-0.2, 0) is 6.42 Å². The van der Waals surface area contributed by atoms with Crippen molar-refractivity contribution >= 4 is 17.4 Å². The van der Waals surface area contributed by atoms with Crippen LogP contribution in [0.3, 0.4) is 0 Å². The molecule has 19 heavy (non-hydrogen) atoms. The zero-order chi connectivity index (χ0) is 13.8. The highest BCUT2D eigenvalue weighted by molar-refractivity contribution is 6.31. The third kappa shape index (κ3) is 3.41. The molecule has 0 aromatic carbocycles. The molecule has 0 atom stereocenters. The number of anilines is 1. The molecule has 2 aromatic rings. The Morgan fingerprint density at radius 3 is 2.42 bits per heavy atom. The molecule has 2 rings (SSSR count). The summed E-state index contributed by atoms with van der Waals surface area (Å²) in [6.45, 7) is 4.69. The van der Waals surface area contributed by atoms with Crippen LogP contribution in [-0.4, -0.2) is 28.5 Å². The first-order valence-electron chi connectivity index (χ1n) is 6.18. The van der Waals surface area contributed by atoms with E-state index in [1.54, 1.807) is 12.4 Å². The Kier molecular flexibility index (Phi) is 4.32. The van der Waals surface area contributed by atoms with Crippen molar-refractivity contribution in [3.8, 4) is 0 Å². The van der Waals surface area contributed by atoms with Gasteiger partial charge in [-0.3, -0.25) is 4.98 Å². The average molecular weight is 277 g/mol. The zero-order valence-electron chi connectivity index (χ0n) is 11.4. The number of nitrogens with zero attached hydrogens (tertiary/aromatic N) is 4. The van der Waals surface area contributed by atoms with E-state index in [2.05, 4.69) is 15.0 Å². The maximum atomic E-state index is 6.15. The van der Waals surface area contributed by atoms with E-state index in [-0.39, 0.29) is 0 Å². The summed E-state index contributed by atoms with van der Waals surface area (Å²) < 4.78 is 0. The van der Waals surface area contributed by atoms with Gasteiger partial charge in [-0.1, -0.05) is 11.6 Å². The molecule has 0 saturated heterocycles. The van der Waals surface area contributed by atoms with E-state index >= 15 is 0 Å². The Labute approximate surface area is 118 Å². The fourth-order valence-electron chi connectivity index (χ4n) is 1.76. The molecule has 0 unspecified atom stereocenters. The quantitative estimate of drug-likeness (QED) is 0.861. The van der Waals surface area contributed by atoms with Crippen molar-refractivity contribution < 1.29 is 0 Å². The maximum Gasteiger partial charge on any atom is 0.171 e. The Hall–Kier alpha value is -1.68. The molecule has 0 fully saturated rings. The largest absolute Gasteiger partial charge is 0.357 e. The van der Waals surface area contributed by atoms with Crippen LogP contribution in [0.4, 0.5) is 5.82 Å². The molecule has 0 radical (unpaired) electrons. The number of hydrogen-bond donors (Lipinski definition) is 0. The molecule has 0 N–H and O–H groups in total. The Balaban J connectivity index is 2.08. The van der Waals surface area contributed by atoms with Crippen LogP contribution in [0.25, 0.3) is 0 Å². The van der Waals surface area contributed by atoms with E-state index in [4.69, 9.17) is 11.6 Å². The van der Waals surface area contributed by atoms with Gasteiger partial charge < -0.3 is 4.90 Å². The molecule has 5 heteroatoms. The normalized spacial score (nSPS) is 10.5. The molecular weight excluding hydrogens is 260 g/mol. The van der Waals surface area contributed by atoms with Gasteiger partial charge in [-0.25, -0.2) is 9.97 Å². The van der Waals surface area contributed by atoms with Crippen molar-refractivity contribution in [3.63, 3.8) is 0 Å². The van der Waals surface area contributed by atoms with Crippen molar-refractivity contribution in [2.24, 2.45) is 0 Å². The number of halogens is 1. The number of aromatic nitrogens is 3. The monoisotopic (exact) mass is 276 g/mol. The predicted molar refractivity (Wildman–Crippen MR) is 77.7 cm³/mol. The van der Waals surface area contributed by atoms with Gasteiger partial charge in [0.1, 0.15) is 0 Å². The summed E-state index contributed by atoms with van der Waals surface area (Å²) in [4.78, 5) is 14.8. The molecule has 0 saturated carbocycles. The lowest BCUT2D eigenvalue weighted by Gasteiger charge is -2.19. The molecule has 2 heterocycles. The summed E-state index contributed by atoms with van der Waals surface area (Å²) in [6.07, 6.45) is 4.53. The molecule has 0 aliphatic rings.